The average molecular weight is 246 g/mol. The summed E-state index contributed by atoms with van der Waals surface area (Å²) in [5, 5.41) is 3.57. The SMILES string of the molecule is CNC1(CCc2ccc(C)cc2C)CCN(C)C1. The maximum Gasteiger partial charge on any atom is 0.0321 e. The minimum atomic E-state index is 0.325. The predicted molar refractivity (Wildman–Crippen MR) is 78.1 cm³/mol. The van der Waals surface area contributed by atoms with E-state index in [0.29, 0.717) is 5.54 Å². The molecule has 0 radical (unpaired) electrons. The second-order valence-electron chi connectivity index (χ2n) is 5.95. The molecule has 0 aromatic heterocycles. The van der Waals surface area contributed by atoms with Crippen LogP contribution in [0.3, 0.4) is 0 Å². The first kappa shape index (κ1) is 13.6. The van der Waals surface area contributed by atoms with Crippen molar-refractivity contribution in [2.24, 2.45) is 0 Å². The normalized spacial score (nSPS) is 24.7. The number of likely N-dealkylation sites (tertiary alicyclic amines) is 1. The van der Waals surface area contributed by atoms with Crippen LogP contribution in [0, 0.1) is 13.8 Å². The Hall–Kier alpha value is -0.860. The largest absolute Gasteiger partial charge is 0.313 e. The molecule has 2 nitrogen and oxygen atoms in total. The first-order valence-electron chi connectivity index (χ1n) is 6.98. The Morgan fingerprint density at radius 1 is 1.33 bits per heavy atom. The van der Waals surface area contributed by atoms with E-state index in [9.17, 15) is 0 Å². The van der Waals surface area contributed by atoms with Gasteiger partial charge in [0.05, 0.1) is 0 Å². The van der Waals surface area contributed by atoms with Crippen LogP contribution in [0.5, 0.6) is 0 Å². The second-order valence-corrected chi connectivity index (χ2v) is 5.95. The zero-order valence-corrected chi connectivity index (χ0v) is 12.2. The minimum Gasteiger partial charge on any atom is -0.313 e. The fourth-order valence-electron chi connectivity index (χ4n) is 3.11. The third-order valence-electron chi connectivity index (χ3n) is 4.45. The van der Waals surface area contributed by atoms with Gasteiger partial charge in [-0.25, -0.2) is 0 Å². The molecule has 0 spiro atoms. The number of aryl methyl sites for hydroxylation is 3. The Morgan fingerprint density at radius 3 is 2.67 bits per heavy atom. The molecule has 1 aromatic carbocycles. The zero-order chi connectivity index (χ0) is 13.2. The van der Waals surface area contributed by atoms with Gasteiger partial charge in [0.25, 0.3) is 0 Å². The lowest BCUT2D eigenvalue weighted by Crippen LogP contribution is -2.45. The number of hydrogen-bond donors (Lipinski definition) is 1. The molecule has 0 amide bonds. The molecule has 1 fully saturated rings. The van der Waals surface area contributed by atoms with Crippen LogP contribution in [-0.4, -0.2) is 37.6 Å². The van der Waals surface area contributed by atoms with E-state index in [1.165, 1.54) is 49.0 Å². The van der Waals surface area contributed by atoms with Crippen molar-refractivity contribution < 1.29 is 0 Å². The summed E-state index contributed by atoms with van der Waals surface area (Å²) in [5.74, 6) is 0. The molecule has 0 aliphatic carbocycles. The van der Waals surface area contributed by atoms with Gasteiger partial charge in [-0.1, -0.05) is 23.8 Å². The molecule has 1 aromatic rings. The molecule has 18 heavy (non-hydrogen) atoms. The monoisotopic (exact) mass is 246 g/mol. The molecule has 1 atom stereocenters. The van der Waals surface area contributed by atoms with Crippen LogP contribution in [0.2, 0.25) is 0 Å². The van der Waals surface area contributed by atoms with E-state index in [1.807, 2.05) is 0 Å². The van der Waals surface area contributed by atoms with Crippen LogP contribution in [0.15, 0.2) is 18.2 Å². The zero-order valence-electron chi connectivity index (χ0n) is 12.2. The Labute approximate surface area is 111 Å². The van der Waals surface area contributed by atoms with Gasteiger partial charge in [-0.2, -0.15) is 0 Å². The van der Waals surface area contributed by atoms with Gasteiger partial charge in [0.2, 0.25) is 0 Å². The number of hydrogen-bond acceptors (Lipinski definition) is 2. The lowest BCUT2D eigenvalue weighted by atomic mass is 9.89. The van der Waals surface area contributed by atoms with Crippen LogP contribution < -0.4 is 5.32 Å². The van der Waals surface area contributed by atoms with E-state index in [0.717, 1.165) is 0 Å². The highest BCUT2D eigenvalue weighted by Crippen LogP contribution is 2.26. The molecule has 100 valence electrons. The van der Waals surface area contributed by atoms with Crippen molar-refractivity contribution in [1.29, 1.82) is 0 Å². The second kappa shape index (κ2) is 5.41. The summed E-state index contributed by atoms with van der Waals surface area (Å²) in [6.07, 6.45) is 3.68. The fourth-order valence-corrected chi connectivity index (χ4v) is 3.11. The first-order valence-corrected chi connectivity index (χ1v) is 6.98. The van der Waals surface area contributed by atoms with Crippen molar-refractivity contribution >= 4 is 0 Å². The maximum absolute atomic E-state index is 3.57. The summed E-state index contributed by atoms with van der Waals surface area (Å²) in [6.45, 7) is 6.79. The average Bonchev–Trinajstić information content (AvgIpc) is 2.71. The number of nitrogens with zero attached hydrogens (tertiary/aromatic N) is 1. The van der Waals surface area contributed by atoms with E-state index in [1.54, 1.807) is 0 Å². The predicted octanol–water partition coefficient (Wildman–Crippen LogP) is 2.53. The number of rotatable bonds is 4. The Bertz CT molecular complexity index is 414. The minimum absolute atomic E-state index is 0.325. The van der Waals surface area contributed by atoms with Gasteiger partial charge in [-0.15, -0.1) is 0 Å². The maximum atomic E-state index is 3.57. The topological polar surface area (TPSA) is 15.3 Å². The molecule has 1 N–H and O–H groups in total. The third kappa shape index (κ3) is 2.93. The standard InChI is InChI=1S/C16H26N2/c1-13-5-6-15(14(2)11-13)7-8-16(17-3)9-10-18(4)12-16/h5-6,11,17H,7-10,12H2,1-4H3. The molecule has 1 heterocycles. The van der Waals surface area contributed by atoms with Crippen LogP contribution in [0.4, 0.5) is 0 Å². The van der Waals surface area contributed by atoms with E-state index in [-0.39, 0.29) is 0 Å². The molecular weight excluding hydrogens is 220 g/mol. The summed E-state index contributed by atoms with van der Waals surface area (Å²) in [5.41, 5.74) is 4.63. The van der Waals surface area contributed by atoms with Gasteiger partial charge < -0.3 is 10.2 Å². The molecular formula is C16H26N2. The summed E-state index contributed by atoms with van der Waals surface area (Å²) in [6, 6.07) is 6.82. The van der Waals surface area contributed by atoms with E-state index < -0.39 is 0 Å². The van der Waals surface area contributed by atoms with E-state index >= 15 is 0 Å². The van der Waals surface area contributed by atoms with Crippen molar-refractivity contribution in [3.8, 4) is 0 Å². The van der Waals surface area contributed by atoms with Gasteiger partial charge >= 0.3 is 0 Å². The van der Waals surface area contributed by atoms with Crippen LogP contribution in [0.25, 0.3) is 0 Å². The fraction of sp³-hybridized carbons (Fsp3) is 0.625. The van der Waals surface area contributed by atoms with Crippen molar-refractivity contribution in [3.63, 3.8) is 0 Å². The lowest BCUT2D eigenvalue weighted by Gasteiger charge is -2.29. The summed E-state index contributed by atoms with van der Waals surface area (Å²) in [4.78, 5) is 2.43. The van der Waals surface area contributed by atoms with Crippen molar-refractivity contribution in [1.82, 2.24) is 10.2 Å². The molecule has 0 saturated carbocycles. The Morgan fingerprint density at radius 2 is 2.11 bits per heavy atom. The summed E-state index contributed by atoms with van der Waals surface area (Å²) < 4.78 is 0. The smallest absolute Gasteiger partial charge is 0.0321 e. The van der Waals surface area contributed by atoms with Crippen LogP contribution >= 0.6 is 0 Å². The van der Waals surface area contributed by atoms with E-state index in [4.69, 9.17) is 0 Å². The number of benzene rings is 1. The van der Waals surface area contributed by atoms with Crippen molar-refractivity contribution in [2.45, 2.75) is 38.6 Å². The molecule has 2 heteroatoms. The molecule has 1 aliphatic rings. The summed E-state index contributed by atoms with van der Waals surface area (Å²) >= 11 is 0. The van der Waals surface area contributed by atoms with Gasteiger partial charge in [-0.3, -0.25) is 0 Å². The third-order valence-corrected chi connectivity index (χ3v) is 4.45. The molecule has 0 bridgehead atoms. The molecule has 1 saturated heterocycles. The Kier molecular flexibility index (Phi) is 4.08. The van der Waals surface area contributed by atoms with Crippen LogP contribution in [0.1, 0.15) is 29.5 Å². The molecule has 1 unspecified atom stereocenters. The van der Waals surface area contributed by atoms with Gasteiger partial charge in [0.1, 0.15) is 0 Å². The Balaban J connectivity index is 2.02. The van der Waals surface area contributed by atoms with Gasteiger partial charge in [0.15, 0.2) is 0 Å². The van der Waals surface area contributed by atoms with Crippen molar-refractivity contribution in [2.75, 3.05) is 27.2 Å². The highest BCUT2D eigenvalue weighted by Gasteiger charge is 2.34. The lowest BCUT2D eigenvalue weighted by molar-refractivity contribution is 0.310. The highest BCUT2D eigenvalue weighted by molar-refractivity contribution is 5.30. The van der Waals surface area contributed by atoms with Gasteiger partial charge in [-0.05, 0) is 64.9 Å². The molecule has 1 aliphatic heterocycles. The van der Waals surface area contributed by atoms with Crippen LogP contribution in [-0.2, 0) is 6.42 Å². The summed E-state index contributed by atoms with van der Waals surface area (Å²) in [7, 11) is 4.33. The highest BCUT2D eigenvalue weighted by atomic mass is 15.2. The van der Waals surface area contributed by atoms with Gasteiger partial charge in [0, 0.05) is 12.1 Å². The number of likely N-dealkylation sites (N-methyl/N-ethyl adjacent to an activating group) is 2. The van der Waals surface area contributed by atoms with E-state index in [2.05, 4.69) is 56.4 Å². The van der Waals surface area contributed by atoms with Crippen molar-refractivity contribution in [3.05, 3.63) is 34.9 Å². The quantitative estimate of drug-likeness (QED) is 0.878. The number of nitrogens with one attached hydrogen (secondary N) is 1. The first-order chi connectivity index (χ1) is 8.54. The molecule has 2 rings (SSSR count).